The highest BCUT2D eigenvalue weighted by atomic mass is 16.5. The normalized spacial score (nSPS) is 10.0. The molecule has 0 aliphatic carbocycles. The first-order valence-corrected chi connectivity index (χ1v) is 6.67. The van der Waals surface area contributed by atoms with Crippen LogP contribution in [0.5, 0.6) is 5.75 Å². The van der Waals surface area contributed by atoms with Gasteiger partial charge in [-0.2, -0.15) is 0 Å². The number of hydrogen-bond acceptors (Lipinski definition) is 3. The van der Waals surface area contributed by atoms with E-state index in [1.165, 1.54) is 0 Å². The lowest BCUT2D eigenvalue weighted by Gasteiger charge is -2.11. The maximum atomic E-state index is 11.5. The molecule has 0 saturated carbocycles. The van der Waals surface area contributed by atoms with Gasteiger partial charge in [0, 0.05) is 5.57 Å². The second-order valence-electron chi connectivity index (χ2n) is 4.74. The number of hydrogen-bond donors (Lipinski definition) is 0. The van der Waals surface area contributed by atoms with Crippen LogP contribution in [-0.2, 0) is 16.1 Å². The molecule has 0 bridgehead atoms. The highest BCUT2D eigenvalue weighted by Crippen LogP contribution is 2.26. The Kier molecular flexibility index (Phi) is 4.77. The molecule has 0 aliphatic heterocycles. The molecule has 0 heterocycles. The molecule has 3 nitrogen and oxygen atoms in total. The fourth-order valence-corrected chi connectivity index (χ4v) is 1.96. The van der Waals surface area contributed by atoms with Crippen LogP contribution in [-0.4, -0.2) is 13.1 Å². The van der Waals surface area contributed by atoms with E-state index in [1.54, 1.807) is 14.0 Å². The lowest BCUT2D eigenvalue weighted by Crippen LogP contribution is -2.05. The maximum Gasteiger partial charge on any atom is 0.333 e. The van der Waals surface area contributed by atoms with Gasteiger partial charge in [-0.25, -0.2) is 4.79 Å². The number of benzene rings is 2. The smallest absolute Gasteiger partial charge is 0.333 e. The fourth-order valence-electron chi connectivity index (χ4n) is 1.96. The van der Waals surface area contributed by atoms with E-state index >= 15 is 0 Å². The van der Waals surface area contributed by atoms with Crippen molar-refractivity contribution in [3.63, 3.8) is 0 Å². The van der Waals surface area contributed by atoms with Crippen molar-refractivity contribution in [3.05, 3.63) is 66.2 Å². The molecule has 0 aliphatic rings. The number of carbonyl (C=O) groups excluding carboxylic acids is 1. The van der Waals surface area contributed by atoms with Crippen molar-refractivity contribution in [2.24, 2.45) is 0 Å². The topological polar surface area (TPSA) is 35.5 Å². The summed E-state index contributed by atoms with van der Waals surface area (Å²) in [5, 5.41) is 0. The average Bonchev–Trinajstić information content (AvgIpc) is 2.53. The van der Waals surface area contributed by atoms with E-state index in [2.05, 4.69) is 6.58 Å². The molecule has 3 heteroatoms. The van der Waals surface area contributed by atoms with Crippen molar-refractivity contribution >= 4 is 5.97 Å². The zero-order valence-electron chi connectivity index (χ0n) is 12.3. The highest BCUT2D eigenvalue weighted by molar-refractivity contribution is 5.87. The predicted molar refractivity (Wildman–Crippen MR) is 83.0 cm³/mol. The first kappa shape index (κ1) is 14.9. The molecule has 108 valence electrons. The molecule has 0 spiro atoms. The molecule has 2 rings (SSSR count). The van der Waals surface area contributed by atoms with E-state index < -0.39 is 0 Å². The number of esters is 1. The van der Waals surface area contributed by atoms with Crippen LogP contribution in [0.15, 0.2) is 60.7 Å². The summed E-state index contributed by atoms with van der Waals surface area (Å²) in [6, 6.07) is 15.6. The summed E-state index contributed by atoms with van der Waals surface area (Å²) in [6.45, 7) is 5.45. The lowest BCUT2D eigenvalue weighted by atomic mass is 10.00. The Hall–Kier alpha value is -2.55. The molecule has 0 atom stereocenters. The second-order valence-corrected chi connectivity index (χ2v) is 4.74. The number of carbonyl (C=O) groups is 1. The maximum absolute atomic E-state index is 11.5. The van der Waals surface area contributed by atoms with Gasteiger partial charge >= 0.3 is 5.97 Å². The van der Waals surface area contributed by atoms with Gasteiger partial charge in [-0.1, -0.05) is 43.0 Å². The highest BCUT2D eigenvalue weighted by Gasteiger charge is 2.08. The zero-order valence-corrected chi connectivity index (χ0v) is 12.3. The predicted octanol–water partition coefficient (Wildman–Crippen LogP) is 3.98. The Labute approximate surface area is 124 Å². The van der Waals surface area contributed by atoms with Crippen LogP contribution in [0.1, 0.15) is 12.5 Å². The van der Waals surface area contributed by atoms with Crippen molar-refractivity contribution < 1.29 is 14.3 Å². The summed E-state index contributed by atoms with van der Waals surface area (Å²) in [4.78, 5) is 11.5. The van der Waals surface area contributed by atoms with Crippen LogP contribution in [0.25, 0.3) is 11.1 Å². The van der Waals surface area contributed by atoms with Crippen molar-refractivity contribution in [2.75, 3.05) is 7.11 Å². The van der Waals surface area contributed by atoms with Crippen molar-refractivity contribution in [1.29, 1.82) is 0 Å². The quantitative estimate of drug-likeness (QED) is 0.614. The molecule has 2 aromatic carbocycles. The van der Waals surface area contributed by atoms with Gasteiger partial charge in [-0.05, 0) is 35.7 Å². The minimum Gasteiger partial charge on any atom is -0.497 e. The van der Waals surface area contributed by atoms with Gasteiger partial charge in [0.1, 0.15) is 12.4 Å². The lowest BCUT2D eigenvalue weighted by molar-refractivity contribution is -0.140. The van der Waals surface area contributed by atoms with Gasteiger partial charge in [0.2, 0.25) is 0 Å². The van der Waals surface area contributed by atoms with E-state index in [4.69, 9.17) is 9.47 Å². The van der Waals surface area contributed by atoms with Crippen LogP contribution in [0.3, 0.4) is 0 Å². The van der Waals surface area contributed by atoms with Crippen molar-refractivity contribution in [3.8, 4) is 16.9 Å². The molecule has 21 heavy (non-hydrogen) atoms. The van der Waals surface area contributed by atoms with Crippen molar-refractivity contribution in [2.45, 2.75) is 13.5 Å². The molecular formula is C18H18O3. The van der Waals surface area contributed by atoms with Crippen LogP contribution < -0.4 is 4.74 Å². The van der Waals surface area contributed by atoms with Crippen LogP contribution in [0, 0.1) is 0 Å². The Bertz CT molecular complexity index is 642. The van der Waals surface area contributed by atoms with Gasteiger partial charge < -0.3 is 9.47 Å². The molecular weight excluding hydrogens is 264 g/mol. The van der Waals surface area contributed by atoms with Gasteiger partial charge in [0.25, 0.3) is 0 Å². The molecule has 0 saturated heterocycles. The Morgan fingerprint density at radius 1 is 1.10 bits per heavy atom. The number of rotatable bonds is 5. The first-order chi connectivity index (χ1) is 10.1. The summed E-state index contributed by atoms with van der Waals surface area (Å²) in [7, 11) is 1.64. The fraction of sp³-hybridized carbons (Fsp3) is 0.167. The number of ether oxygens (including phenoxy) is 2. The van der Waals surface area contributed by atoms with E-state index in [0.717, 1.165) is 22.4 Å². The Morgan fingerprint density at radius 2 is 1.76 bits per heavy atom. The molecule has 0 unspecified atom stereocenters. The van der Waals surface area contributed by atoms with Crippen molar-refractivity contribution in [1.82, 2.24) is 0 Å². The monoisotopic (exact) mass is 282 g/mol. The largest absolute Gasteiger partial charge is 0.497 e. The Balaban J connectivity index is 2.23. The van der Waals surface area contributed by atoms with Gasteiger partial charge in [0.15, 0.2) is 0 Å². The summed E-state index contributed by atoms with van der Waals surface area (Å²) >= 11 is 0. The summed E-state index contributed by atoms with van der Waals surface area (Å²) in [5.74, 6) is 0.435. The summed E-state index contributed by atoms with van der Waals surface area (Å²) in [6.07, 6.45) is 0. The molecule has 0 radical (unpaired) electrons. The minimum atomic E-state index is -0.375. The van der Waals surface area contributed by atoms with E-state index in [9.17, 15) is 4.79 Å². The van der Waals surface area contributed by atoms with E-state index in [-0.39, 0.29) is 12.6 Å². The summed E-state index contributed by atoms with van der Waals surface area (Å²) in [5.41, 5.74) is 3.45. The zero-order chi connectivity index (χ0) is 15.2. The molecule has 0 aromatic heterocycles. The standard InChI is InChI=1S/C18H18O3/c1-13(2)18(19)21-12-15-6-4-5-7-17(15)14-8-10-16(20-3)11-9-14/h4-11H,1,12H2,2-3H3. The second kappa shape index (κ2) is 6.75. The SMILES string of the molecule is C=C(C)C(=O)OCc1ccccc1-c1ccc(OC)cc1. The molecule has 2 aromatic rings. The third-order valence-corrected chi connectivity index (χ3v) is 3.13. The summed E-state index contributed by atoms with van der Waals surface area (Å²) < 4.78 is 10.4. The third kappa shape index (κ3) is 3.72. The first-order valence-electron chi connectivity index (χ1n) is 6.67. The average molecular weight is 282 g/mol. The van der Waals surface area contributed by atoms with Crippen LogP contribution in [0.4, 0.5) is 0 Å². The van der Waals surface area contributed by atoms with Crippen LogP contribution in [0.2, 0.25) is 0 Å². The third-order valence-electron chi connectivity index (χ3n) is 3.13. The molecule has 0 fully saturated rings. The van der Waals surface area contributed by atoms with Gasteiger partial charge in [-0.3, -0.25) is 0 Å². The minimum absolute atomic E-state index is 0.230. The molecule has 0 amide bonds. The number of methoxy groups -OCH3 is 1. The Morgan fingerprint density at radius 3 is 2.38 bits per heavy atom. The van der Waals surface area contributed by atoms with E-state index in [1.807, 2.05) is 48.5 Å². The van der Waals surface area contributed by atoms with E-state index in [0.29, 0.717) is 5.57 Å². The van der Waals surface area contributed by atoms with Gasteiger partial charge in [-0.15, -0.1) is 0 Å². The van der Waals surface area contributed by atoms with Gasteiger partial charge in [0.05, 0.1) is 7.11 Å². The van der Waals surface area contributed by atoms with Crippen LogP contribution >= 0.6 is 0 Å². The molecule has 0 N–H and O–H groups in total.